The Morgan fingerprint density at radius 1 is 1.39 bits per heavy atom. The first-order valence-electron chi connectivity index (χ1n) is 5.29. The Labute approximate surface area is 104 Å². The highest BCUT2D eigenvalue weighted by molar-refractivity contribution is 5.42. The predicted molar refractivity (Wildman–Crippen MR) is 61.1 cm³/mol. The van der Waals surface area contributed by atoms with Crippen molar-refractivity contribution >= 4 is 0 Å². The SMILES string of the molecule is COc1ccnc(CNCC(F)(F)CO)c1OC. The Morgan fingerprint density at radius 2 is 2.11 bits per heavy atom. The third-order valence-corrected chi connectivity index (χ3v) is 2.27. The van der Waals surface area contributed by atoms with Gasteiger partial charge in [-0.15, -0.1) is 0 Å². The van der Waals surface area contributed by atoms with E-state index >= 15 is 0 Å². The molecule has 0 radical (unpaired) electrons. The average molecular weight is 262 g/mol. The molecule has 0 aromatic carbocycles. The highest BCUT2D eigenvalue weighted by Gasteiger charge is 2.27. The zero-order valence-electron chi connectivity index (χ0n) is 10.2. The van der Waals surface area contributed by atoms with E-state index in [4.69, 9.17) is 14.6 Å². The Morgan fingerprint density at radius 3 is 2.67 bits per heavy atom. The third kappa shape index (κ3) is 3.78. The van der Waals surface area contributed by atoms with Crippen molar-refractivity contribution in [3.05, 3.63) is 18.0 Å². The van der Waals surface area contributed by atoms with Crippen LogP contribution in [0.5, 0.6) is 11.5 Å². The van der Waals surface area contributed by atoms with Crippen LogP contribution in [0.1, 0.15) is 5.69 Å². The van der Waals surface area contributed by atoms with Gasteiger partial charge in [0.2, 0.25) is 0 Å². The quantitative estimate of drug-likeness (QED) is 0.761. The molecule has 0 spiro atoms. The smallest absolute Gasteiger partial charge is 0.282 e. The van der Waals surface area contributed by atoms with Crippen molar-refractivity contribution in [3.63, 3.8) is 0 Å². The van der Waals surface area contributed by atoms with Gasteiger partial charge >= 0.3 is 0 Å². The Bertz CT molecular complexity index is 389. The minimum Gasteiger partial charge on any atom is -0.493 e. The molecule has 1 heterocycles. The molecule has 2 N–H and O–H groups in total. The molecule has 0 amide bonds. The third-order valence-electron chi connectivity index (χ3n) is 2.27. The summed E-state index contributed by atoms with van der Waals surface area (Å²) in [5.74, 6) is -2.26. The van der Waals surface area contributed by atoms with Crippen LogP contribution in [-0.2, 0) is 6.54 Å². The monoisotopic (exact) mass is 262 g/mol. The van der Waals surface area contributed by atoms with Crippen LogP contribution in [0, 0.1) is 0 Å². The second kappa shape index (κ2) is 6.46. The number of pyridine rings is 1. The maximum absolute atomic E-state index is 12.8. The molecule has 0 aliphatic rings. The van der Waals surface area contributed by atoms with E-state index in [1.807, 2.05) is 0 Å². The molecule has 0 bridgehead atoms. The fourth-order valence-electron chi connectivity index (χ4n) is 1.40. The molecule has 1 aromatic rings. The van der Waals surface area contributed by atoms with Gasteiger partial charge in [0.15, 0.2) is 11.5 Å². The van der Waals surface area contributed by atoms with Gasteiger partial charge in [0.25, 0.3) is 5.92 Å². The van der Waals surface area contributed by atoms with Crippen molar-refractivity contribution in [3.8, 4) is 11.5 Å². The molecule has 1 rings (SSSR count). The summed E-state index contributed by atoms with van der Waals surface area (Å²) < 4.78 is 35.8. The highest BCUT2D eigenvalue weighted by atomic mass is 19.3. The number of alkyl halides is 2. The minimum absolute atomic E-state index is 0.0932. The molecule has 0 unspecified atom stereocenters. The molecule has 0 fully saturated rings. The number of nitrogens with one attached hydrogen (secondary N) is 1. The Hall–Kier alpha value is -1.47. The molecule has 0 saturated carbocycles. The summed E-state index contributed by atoms with van der Waals surface area (Å²) in [7, 11) is 2.93. The number of aliphatic hydroxyl groups is 1. The van der Waals surface area contributed by atoms with E-state index in [1.54, 1.807) is 6.07 Å². The van der Waals surface area contributed by atoms with Crippen molar-refractivity contribution < 1.29 is 23.4 Å². The van der Waals surface area contributed by atoms with E-state index in [-0.39, 0.29) is 6.54 Å². The number of methoxy groups -OCH3 is 2. The van der Waals surface area contributed by atoms with Crippen molar-refractivity contribution in [2.75, 3.05) is 27.4 Å². The lowest BCUT2D eigenvalue weighted by atomic mass is 10.3. The average Bonchev–Trinajstić information content (AvgIpc) is 2.38. The van der Waals surface area contributed by atoms with Crippen LogP contribution in [0.25, 0.3) is 0 Å². The summed E-state index contributed by atoms with van der Waals surface area (Å²) in [4.78, 5) is 4.03. The Balaban J connectivity index is 2.67. The maximum atomic E-state index is 12.8. The summed E-state index contributed by atoms with van der Waals surface area (Å²) in [6, 6.07) is 1.62. The topological polar surface area (TPSA) is 63.6 Å². The van der Waals surface area contributed by atoms with Crippen LogP contribution in [0.4, 0.5) is 8.78 Å². The fraction of sp³-hybridized carbons (Fsp3) is 0.545. The van der Waals surface area contributed by atoms with Gasteiger partial charge in [0, 0.05) is 18.8 Å². The fourth-order valence-corrected chi connectivity index (χ4v) is 1.40. The van der Waals surface area contributed by atoms with Crippen molar-refractivity contribution in [1.82, 2.24) is 10.3 Å². The zero-order chi connectivity index (χ0) is 13.6. The van der Waals surface area contributed by atoms with E-state index in [2.05, 4.69) is 10.3 Å². The van der Waals surface area contributed by atoms with Crippen LogP contribution in [-0.4, -0.2) is 43.4 Å². The standard InChI is InChI=1S/C11H16F2N2O3/c1-17-9-3-4-15-8(10(9)18-2)5-14-6-11(12,13)7-16/h3-4,14,16H,5-7H2,1-2H3. The molecular formula is C11H16F2N2O3. The lowest BCUT2D eigenvalue weighted by Gasteiger charge is -2.15. The summed E-state index contributed by atoms with van der Waals surface area (Å²) in [6.07, 6.45) is 1.50. The molecule has 0 saturated heterocycles. The predicted octanol–water partition coefficient (Wildman–Crippen LogP) is 0.816. The molecule has 102 valence electrons. The Kier molecular flexibility index (Phi) is 5.24. The number of aromatic nitrogens is 1. The first kappa shape index (κ1) is 14.6. The first-order chi connectivity index (χ1) is 8.54. The number of nitrogens with zero attached hydrogens (tertiary/aromatic N) is 1. The van der Waals surface area contributed by atoms with Gasteiger partial charge in [-0.2, -0.15) is 0 Å². The van der Waals surface area contributed by atoms with E-state index in [1.165, 1.54) is 20.4 Å². The van der Waals surface area contributed by atoms with Crippen molar-refractivity contribution in [2.24, 2.45) is 0 Å². The maximum Gasteiger partial charge on any atom is 0.282 e. The first-order valence-corrected chi connectivity index (χ1v) is 5.29. The largest absolute Gasteiger partial charge is 0.493 e. The van der Waals surface area contributed by atoms with E-state index in [0.29, 0.717) is 17.2 Å². The van der Waals surface area contributed by atoms with Crippen LogP contribution < -0.4 is 14.8 Å². The van der Waals surface area contributed by atoms with E-state index in [9.17, 15) is 8.78 Å². The number of ether oxygens (including phenoxy) is 2. The van der Waals surface area contributed by atoms with Gasteiger partial charge in [-0.3, -0.25) is 4.98 Å². The van der Waals surface area contributed by atoms with Gasteiger partial charge in [-0.05, 0) is 0 Å². The molecule has 1 aromatic heterocycles. The second-order valence-corrected chi connectivity index (χ2v) is 3.61. The molecular weight excluding hydrogens is 246 g/mol. The lowest BCUT2D eigenvalue weighted by Crippen LogP contribution is -2.35. The van der Waals surface area contributed by atoms with Crippen molar-refractivity contribution in [2.45, 2.75) is 12.5 Å². The second-order valence-electron chi connectivity index (χ2n) is 3.61. The molecule has 0 aliphatic heterocycles. The van der Waals surface area contributed by atoms with E-state index < -0.39 is 19.1 Å². The van der Waals surface area contributed by atoms with Gasteiger partial charge in [-0.1, -0.05) is 0 Å². The minimum atomic E-state index is -3.15. The molecule has 5 nitrogen and oxygen atoms in total. The highest BCUT2D eigenvalue weighted by Crippen LogP contribution is 2.28. The summed E-state index contributed by atoms with van der Waals surface area (Å²) >= 11 is 0. The lowest BCUT2D eigenvalue weighted by molar-refractivity contribution is -0.0478. The van der Waals surface area contributed by atoms with Crippen LogP contribution >= 0.6 is 0 Å². The molecule has 0 atom stereocenters. The number of halogens is 2. The van der Waals surface area contributed by atoms with Crippen LogP contribution in [0.15, 0.2) is 12.3 Å². The van der Waals surface area contributed by atoms with Crippen LogP contribution in [0.2, 0.25) is 0 Å². The van der Waals surface area contributed by atoms with E-state index in [0.717, 1.165) is 0 Å². The summed E-state index contributed by atoms with van der Waals surface area (Å²) in [5.41, 5.74) is 0.464. The summed E-state index contributed by atoms with van der Waals surface area (Å²) in [5, 5.41) is 10.9. The number of hydrogen-bond donors (Lipinski definition) is 2. The van der Waals surface area contributed by atoms with Crippen molar-refractivity contribution in [1.29, 1.82) is 0 Å². The number of rotatable bonds is 7. The number of aliphatic hydroxyl groups excluding tert-OH is 1. The summed E-state index contributed by atoms with van der Waals surface area (Å²) in [6.45, 7) is -1.73. The van der Waals surface area contributed by atoms with Gasteiger partial charge < -0.3 is 19.9 Å². The van der Waals surface area contributed by atoms with Gasteiger partial charge in [0.05, 0.1) is 26.5 Å². The number of hydrogen-bond acceptors (Lipinski definition) is 5. The normalized spacial score (nSPS) is 11.4. The molecule has 7 heteroatoms. The molecule has 18 heavy (non-hydrogen) atoms. The zero-order valence-corrected chi connectivity index (χ0v) is 10.2. The van der Waals surface area contributed by atoms with Gasteiger partial charge in [0.1, 0.15) is 6.61 Å². The van der Waals surface area contributed by atoms with Crippen LogP contribution in [0.3, 0.4) is 0 Å². The molecule has 0 aliphatic carbocycles. The van der Waals surface area contributed by atoms with Gasteiger partial charge in [-0.25, -0.2) is 8.78 Å².